The van der Waals surface area contributed by atoms with Gasteiger partial charge in [0.15, 0.2) is 0 Å². The molecule has 1 aliphatic heterocycles. The van der Waals surface area contributed by atoms with Gasteiger partial charge in [0, 0.05) is 36.8 Å². The molecule has 27 heavy (non-hydrogen) atoms. The number of aromatic nitrogens is 1. The lowest BCUT2D eigenvalue weighted by Gasteiger charge is -2.35. The van der Waals surface area contributed by atoms with Crippen molar-refractivity contribution in [1.29, 1.82) is 0 Å². The molecule has 0 radical (unpaired) electrons. The molecule has 3 rings (SSSR count). The number of rotatable bonds is 4. The maximum Gasteiger partial charge on any atom is 0.419 e. The van der Waals surface area contributed by atoms with Crippen molar-refractivity contribution in [3.63, 3.8) is 0 Å². The van der Waals surface area contributed by atoms with Gasteiger partial charge in [-0.15, -0.1) is 0 Å². The fourth-order valence-electron chi connectivity index (χ4n) is 2.93. The fraction of sp³-hybridized carbons (Fsp3) is 0.353. The number of piperazine rings is 1. The topological polar surface area (TPSA) is 53.5 Å². The molecule has 0 bridgehead atoms. The van der Waals surface area contributed by atoms with Crippen LogP contribution >= 0.6 is 15.9 Å². The van der Waals surface area contributed by atoms with Crippen LogP contribution in [0, 0.1) is 0 Å². The summed E-state index contributed by atoms with van der Waals surface area (Å²) in [6.07, 6.45) is -3.20. The van der Waals surface area contributed by atoms with Gasteiger partial charge in [0.05, 0.1) is 11.3 Å². The second-order valence-corrected chi connectivity index (χ2v) is 9.03. The quantitative estimate of drug-likeness (QED) is 0.695. The highest BCUT2D eigenvalue weighted by Gasteiger charge is 2.37. The molecular formula is C17H17BrF3N3O2S. The zero-order chi connectivity index (χ0) is 19.7. The minimum absolute atomic E-state index is 0.118. The smallest absolute Gasteiger partial charge is 0.353 e. The van der Waals surface area contributed by atoms with Gasteiger partial charge < -0.3 is 4.90 Å². The Hall–Kier alpha value is -1.65. The monoisotopic (exact) mass is 463 g/mol. The summed E-state index contributed by atoms with van der Waals surface area (Å²) >= 11 is 3.30. The van der Waals surface area contributed by atoms with Crippen LogP contribution < -0.4 is 4.90 Å². The van der Waals surface area contributed by atoms with E-state index in [9.17, 15) is 21.6 Å². The van der Waals surface area contributed by atoms with Crippen LogP contribution in [0.2, 0.25) is 0 Å². The molecule has 0 N–H and O–H groups in total. The number of pyridine rings is 1. The van der Waals surface area contributed by atoms with E-state index in [1.165, 1.54) is 21.5 Å². The minimum Gasteiger partial charge on any atom is -0.353 e. The van der Waals surface area contributed by atoms with Gasteiger partial charge in [0.1, 0.15) is 5.82 Å². The first-order valence-electron chi connectivity index (χ1n) is 8.16. The van der Waals surface area contributed by atoms with Crippen LogP contribution in [0.3, 0.4) is 0 Å². The van der Waals surface area contributed by atoms with Crippen molar-refractivity contribution in [1.82, 2.24) is 9.29 Å². The lowest BCUT2D eigenvalue weighted by molar-refractivity contribution is -0.137. The predicted molar refractivity (Wildman–Crippen MR) is 99.8 cm³/mol. The molecular weight excluding hydrogens is 447 g/mol. The predicted octanol–water partition coefficient (Wildman–Crippen LogP) is 3.51. The molecule has 0 spiro atoms. The highest BCUT2D eigenvalue weighted by atomic mass is 79.9. The molecule has 2 aromatic rings. The summed E-state index contributed by atoms with van der Waals surface area (Å²) in [5, 5.41) is 0. The summed E-state index contributed by atoms with van der Waals surface area (Å²) in [7, 11) is -3.54. The van der Waals surface area contributed by atoms with E-state index in [1.807, 2.05) is 0 Å². The van der Waals surface area contributed by atoms with Crippen molar-refractivity contribution in [2.24, 2.45) is 0 Å². The van der Waals surface area contributed by atoms with Crippen LogP contribution in [0.4, 0.5) is 19.0 Å². The largest absolute Gasteiger partial charge is 0.419 e. The Morgan fingerprint density at radius 2 is 1.67 bits per heavy atom. The van der Waals surface area contributed by atoms with Gasteiger partial charge in [-0.05, 0) is 29.8 Å². The van der Waals surface area contributed by atoms with E-state index in [0.717, 1.165) is 10.5 Å². The second kappa shape index (κ2) is 7.76. The third-order valence-corrected chi connectivity index (χ3v) is 6.66. The van der Waals surface area contributed by atoms with Crippen LogP contribution in [0.15, 0.2) is 47.1 Å². The van der Waals surface area contributed by atoms with Crippen molar-refractivity contribution in [3.05, 3.63) is 58.2 Å². The van der Waals surface area contributed by atoms with Gasteiger partial charge in [0.2, 0.25) is 10.0 Å². The molecule has 0 saturated carbocycles. The van der Waals surface area contributed by atoms with Gasteiger partial charge in [-0.1, -0.05) is 28.1 Å². The third kappa shape index (κ3) is 4.80. The zero-order valence-corrected chi connectivity index (χ0v) is 16.6. The van der Waals surface area contributed by atoms with Crippen molar-refractivity contribution in [2.75, 3.05) is 31.1 Å². The minimum atomic E-state index is -4.51. The van der Waals surface area contributed by atoms with Crippen molar-refractivity contribution < 1.29 is 21.6 Å². The first kappa shape index (κ1) is 20.1. The first-order chi connectivity index (χ1) is 12.7. The van der Waals surface area contributed by atoms with Crippen LogP contribution in [0.1, 0.15) is 11.1 Å². The molecule has 0 aliphatic carbocycles. The molecule has 10 heteroatoms. The maximum absolute atomic E-state index is 13.2. The Labute approximate surface area is 164 Å². The summed E-state index contributed by atoms with van der Waals surface area (Å²) in [6.45, 7) is 0.540. The van der Waals surface area contributed by atoms with Gasteiger partial charge in [-0.3, -0.25) is 0 Å². The Kier molecular flexibility index (Phi) is 5.78. The number of nitrogens with zero attached hydrogens (tertiary/aromatic N) is 3. The fourth-order valence-corrected chi connectivity index (χ4v) is 4.71. The van der Waals surface area contributed by atoms with Crippen molar-refractivity contribution in [2.45, 2.75) is 11.9 Å². The average Bonchev–Trinajstić information content (AvgIpc) is 2.63. The normalized spacial score (nSPS) is 16.5. The lowest BCUT2D eigenvalue weighted by atomic mass is 10.2. The van der Waals surface area contributed by atoms with E-state index < -0.39 is 21.8 Å². The third-order valence-electron chi connectivity index (χ3n) is 4.29. The number of sulfonamides is 1. The van der Waals surface area contributed by atoms with E-state index in [0.29, 0.717) is 5.56 Å². The highest BCUT2D eigenvalue weighted by molar-refractivity contribution is 9.10. The van der Waals surface area contributed by atoms with E-state index in [4.69, 9.17) is 0 Å². The molecule has 5 nitrogen and oxygen atoms in total. The van der Waals surface area contributed by atoms with E-state index >= 15 is 0 Å². The molecule has 1 aromatic heterocycles. The van der Waals surface area contributed by atoms with Crippen LogP contribution in [0.5, 0.6) is 0 Å². The van der Waals surface area contributed by atoms with Crippen molar-refractivity contribution in [3.8, 4) is 0 Å². The summed E-state index contributed by atoms with van der Waals surface area (Å²) in [4.78, 5) is 5.35. The molecule has 146 valence electrons. The van der Waals surface area contributed by atoms with Gasteiger partial charge >= 0.3 is 6.18 Å². The number of alkyl halides is 3. The van der Waals surface area contributed by atoms with E-state index in [2.05, 4.69) is 20.9 Å². The molecule has 1 fully saturated rings. The highest BCUT2D eigenvalue weighted by Crippen LogP contribution is 2.35. The SMILES string of the molecule is O=S(=O)(Cc1ccc(Br)cc1)N1CCN(c2ncccc2C(F)(F)F)CC1. The van der Waals surface area contributed by atoms with Gasteiger partial charge in [-0.2, -0.15) is 17.5 Å². The molecule has 0 atom stereocenters. The molecule has 0 amide bonds. The lowest BCUT2D eigenvalue weighted by Crippen LogP contribution is -2.49. The maximum atomic E-state index is 13.2. The summed E-state index contributed by atoms with van der Waals surface area (Å²) in [5.74, 6) is -0.299. The Balaban J connectivity index is 1.69. The Bertz CT molecular complexity index is 896. The molecule has 1 saturated heterocycles. The molecule has 2 heterocycles. The van der Waals surface area contributed by atoms with E-state index in [1.54, 1.807) is 24.3 Å². The van der Waals surface area contributed by atoms with E-state index in [-0.39, 0.29) is 37.7 Å². The van der Waals surface area contributed by atoms with Crippen LogP contribution in [0.25, 0.3) is 0 Å². The standard InChI is InChI=1S/C17H17BrF3N3O2S/c18-14-5-3-13(4-6-14)12-27(25,26)24-10-8-23(9-11-24)16-15(17(19,20)21)2-1-7-22-16/h1-7H,8-12H2. The first-order valence-corrected chi connectivity index (χ1v) is 10.6. The molecule has 1 aliphatic rings. The number of hydrogen-bond acceptors (Lipinski definition) is 4. The summed E-state index contributed by atoms with van der Waals surface area (Å²) < 4.78 is 66.9. The Morgan fingerprint density at radius 1 is 1.04 bits per heavy atom. The number of halogens is 4. The van der Waals surface area contributed by atoms with Gasteiger partial charge in [-0.25, -0.2) is 13.4 Å². The number of anilines is 1. The zero-order valence-electron chi connectivity index (χ0n) is 14.2. The molecule has 0 unspecified atom stereocenters. The van der Waals surface area contributed by atoms with Gasteiger partial charge in [0.25, 0.3) is 0 Å². The van der Waals surface area contributed by atoms with Crippen molar-refractivity contribution >= 4 is 31.8 Å². The van der Waals surface area contributed by atoms with Crippen LogP contribution in [-0.4, -0.2) is 43.9 Å². The number of benzene rings is 1. The summed E-state index contributed by atoms with van der Waals surface area (Å²) in [5.41, 5.74) is -0.152. The molecule has 1 aromatic carbocycles. The number of hydrogen-bond donors (Lipinski definition) is 0. The second-order valence-electron chi connectivity index (χ2n) is 6.14. The van der Waals surface area contributed by atoms with Crippen LogP contribution in [-0.2, 0) is 22.0 Å². The Morgan fingerprint density at radius 3 is 2.26 bits per heavy atom. The average molecular weight is 464 g/mol. The summed E-state index contributed by atoms with van der Waals surface area (Å²) in [6, 6.07) is 9.21.